The van der Waals surface area contributed by atoms with E-state index in [9.17, 15) is 13.2 Å². The van der Waals surface area contributed by atoms with Crippen LogP contribution in [0.3, 0.4) is 0 Å². The Kier molecular flexibility index (Phi) is 5.44. The summed E-state index contributed by atoms with van der Waals surface area (Å²) in [6.45, 7) is 8.52. The Balaban J connectivity index is 1.64. The summed E-state index contributed by atoms with van der Waals surface area (Å²) in [7, 11) is 0. The van der Waals surface area contributed by atoms with E-state index in [-0.39, 0.29) is 5.02 Å². The van der Waals surface area contributed by atoms with Gasteiger partial charge in [-0.3, -0.25) is 0 Å². The lowest BCUT2D eigenvalue weighted by atomic mass is 10.0. The molecule has 3 rings (SSSR count). The number of aromatic nitrogens is 1. The molecule has 1 saturated heterocycles. The number of rotatable bonds is 3. The molecule has 0 radical (unpaired) electrons. The van der Waals surface area contributed by atoms with Crippen LogP contribution in [-0.2, 0) is 12.7 Å². The van der Waals surface area contributed by atoms with Gasteiger partial charge in [-0.15, -0.1) is 0 Å². The molecule has 0 atom stereocenters. The van der Waals surface area contributed by atoms with Gasteiger partial charge in [0.15, 0.2) is 0 Å². The monoisotopic (exact) mass is 385 g/mol. The van der Waals surface area contributed by atoms with Crippen molar-refractivity contribution in [2.45, 2.75) is 26.6 Å². The summed E-state index contributed by atoms with van der Waals surface area (Å²) in [6.07, 6.45) is -3.41. The molecule has 2 aromatic rings. The quantitative estimate of drug-likeness (QED) is 0.862. The van der Waals surface area contributed by atoms with Crippen LogP contribution in [0.4, 0.5) is 19.0 Å². The van der Waals surface area contributed by atoms with Crippen LogP contribution in [0.25, 0.3) is 0 Å². The summed E-state index contributed by atoms with van der Waals surface area (Å²) in [4.78, 5) is 6.22. The van der Waals surface area contributed by atoms with Crippen molar-refractivity contribution < 1.29 is 23.1 Å². The normalized spacial score (nSPS) is 16.2. The number of aromatic amines is 1. The van der Waals surface area contributed by atoms with Crippen LogP contribution in [0.1, 0.15) is 22.3 Å². The van der Waals surface area contributed by atoms with Crippen molar-refractivity contribution in [2.75, 3.05) is 31.1 Å². The maximum absolute atomic E-state index is 12.8. The molecule has 2 N–H and O–H groups in total. The van der Waals surface area contributed by atoms with Crippen LogP contribution in [0, 0.1) is 13.8 Å². The Morgan fingerprint density at radius 3 is 2.46 bits per heavy atom. The van der Waals surface area contributed by atoms with Crippen molar-refractivity contribution in [3.8, 4) is 0 Å². The first kappa shape index (κ1) is 19.0. The fourth-order valence-electron chi connectivity index (χ4n) is 3.35. The van der Waals surface area contributed by atoms with Gasteiger partial charge in [0.1, 0.15) is 43.9 Å². The van der Waals surface area contributed by atoms with E-state index < -0.39 is 11.7 Å². The van der Waals surface area contributed by atoms with Crippen LogP contribution < -0.4 is 14.8 Å². The zero-order chi connectivity index (χ0) is 18.9. The third-order valence-corrected chi connectivity index (χ3v) is 5.22. The van der Waals surface area contributed by atoms with Crippen molar-refractivity contribution in [1.82, 2.24) is 0 Å². The summed E-state index contributed by atoms with van der Waals surface area (Å²) in [5.74, 6) is 0.561. The van der Waals surface area contributed by atoms with E-state index >= 15 is 0 Å². The Morgan fingerprint density at radius 2 is 1.85 bits per heavy atom. The van der Waals surface area contributed by atoms with Crippen molar-refractivity contribution in [1.29, 1.82) is 0 Å². The molecule has 7 heteroatoms. The molecule has 1 aliphatic heterocycles. The standard InChI is InChI=1S/C19H21ClF3N3/c1-13-3-4-14(2)15(9-13)12-25-5-7-26(8-6-25)18-17(20)10-16(11-24-18)19(21,22)23/h3-4,9-11H,5-8,12H2,1-2H3/p+2. The van der Waals surface area contributed by atoms with E-state index in [1.54, 1.807) is 0 Å². The average Bonchev–Trinajstić information content (AvgIpc) is 2.58. The first-order valence-electron chi connectivity index (χ1n) is 8.67. The molecule has 0 aliphatic carbocycles. The lowest BCUT2D eigenvalue weighted by Crippen LogP contribution is -3.13. The molecule has 2 heterocycles. The predicted molar refractivity (Wildman–Crippen MR) is 95.5 cm³/mol. The zero-order valence-electron chi connectivity index (χ0n) is 14.9. The van der Waals surface area contributed by atoms with E-state index in [1.165, 1.54) is 21.6 Å². The van der Waals surface area contributed by atoms with Crippen LogP contribution in [-0.4, -0.2) is 26.2 Å². The third kappa shape index (κ3) is 4.30. The van der Waals surface area contributed by atoms with Gasteiger partial charge in [0.05, 0.1) is 5.56 Å². The molecule has 140 valence electrons. The SMILES string of the molecule is Cc1ccc(C)c(C[NH+]2CCN(c3[nH+]cc(C(F)(F)F)cc3Cl)CC2)c1. The maximum atomic E-state index is 12.8. The number of nitrogens with one attached hydrogen (secondary N) is 2. The summed E-state index contributed by atoms with van der Waals surface area (Å²) in [5.41, 5.74) is 3.15. The lowest BCUT2D eigenvalue weighted by Gasteiger charge is -2.29. The summed E-state index contributed by atoms with van der Waals surface area (Å²) < 4.78 is 38.3. The van der Waals surface area contributed by atoms with Crippen molar-refractivity contribution in [3.05, 3.63) is 57.7 Å². The number of pyridine rings is 1. The highest BCUT2D eigenvalue weighted by molar-refractivity contribution is 6.32. The minimum atomic E-state index is -4.40. The molecule has 3 nitrogen and oxygen atoms in total. The second-order valence-electron chi connectivity index (χ2n) is 6.93. The number of anilines is 1. The number of hydrogen-bond donors (Lipinski definition) is 1. The van der Waals surface area contributed by atoms with Crippen LogP contribution in [0.5, 0.6) is 0 Å². The van der Waals surface area contributed by atoms with Gasteiger partial charge in [-0.25, -0.2) is 9.88 Å². The lowest BCUT2D eigenvalue weighted by molar-refractivity contribution is -0.914. The number of halogens is 4. The van der Waals surface area contributed by atoms with Gasteiger partial charge in [-0.2, -0.15) is 13.2 Å². The zero-order valence-corrected chi connectivity index (χ0v) is 15.6. The second kappa shape index (κ2) is 7.45. The summed E-state index contributed by atoms with van der Waals surface area (Å²) in [6, 6.07) is 7.49. The number of piperazine rings is 1. The number of nitrogens with zero attached hydrogens (tertiary/aromatic N) is 1. The molecule has 0 unspecified atom stereocenters. The summed E-state index contributed by atoms with van der Waals surface area (Å²) >= 11 is 6.09. The van der Waals surface area contributed by atoms with E-state index in [2.05, 4.69) is 37.0 Å². The van der Waals surface area contributed by atoms with E-state index in [4.69, 9.17) is 11.6 Å². The molecule has 0 amide bonds. The molecule has 1 aromatic heterocycles. The van der Waals surface area contributed by atoms with Gasteiger partial charge < -0.3 is 4.90 Å². The Morgan fingerprint density at radius 1 is 1.15 bits per heavy atom. The van der Waals surface area contributed by atoms with E-state index in [0.29, 0.717) is 5.82 Å². The van der Waals surface area contributed by atoms with Gasteiger partial charge in [-0.1, -0.05) is 35.4 Å². The van der Waals surface area contributed by atoms with E-state index in [0.717, 1.165) is 45.0 Å². The van der Waals surface area contributed by atoms with Gasteiger partial charge in [0, 0.05) is 5.56 Å². The molecule has 0 bridgehead atoms. The van der Waals surface area contributed by atoms with Crippen molar-refractivity contribution in [2.24, 2.45) is 0 Å². The Hall–Kier alpha value is -1.79. The first-order valence-corrected chi connectivity index (χ1v) is 9.05. The van der Waals surface area contributed by atoms with Crippen molar-refractivity contribution >= 4 is 17.4 Å². The van der Waals surface area contributed by atoms with Gasteiger partial charge in [0.25, 0.3) is 5.82 Å². The van der Waals surface area contributed by atoms with E-state index in [1.807, 2.05) is 4.90 Å². The fraction of sp³-hybridized carbons (Fsp3) is 0.421. The topological polar surface area (TPSA) is 21.8 Å². The van der Waals surface area contributed by atoms with Gasteiger partial charge in [0.2, 0.25) is 0 Å². The highest BCUT2D eigenvalue weighted by Crippen LogP contribution is 2.32. The number of quaternary nitrogens is 1. The molecule has 1 aliphatic rings. The van der Waals surface area contributed by atoms with Gasteiger partial charge >= 0.3 is 6.18 Å². The smallest absolute Gasteiger partial charge is 0.325 e. The number of alkyl halides is 3. The number of benzene rings is 1. The third-order valence-electron chi connectivity index (χ3n) is 4.93. The molecular formula is C19H23ClF3N3+2. The Bertz CT molecular complexity index is 784. The first-order chi connectivity index (χ1) is 12.2. The molecule has 0 saturated carbocycles. The largest absolute Gasteiger partial charge is 0.419 e. The molecule has 1 fully saturated rings. The fourth-order valence-corrected chi connectivity index (χ4v) is 3.64. The number of hydrogen-bond acceptors (Lipinski definition) is 1. The predicted octanol–water partition coefficient (Wildman–Crippen LogP) is 2.69. The van der Waals surface area contributed by atoms with Crippen molar-refractivity contribution in [3.63, 3.8) is 0 Å². The second-order valence-corrected chi connectivity index (χ2v) is 7.33. The maximum Gasteiger partial charge on any atom is 0.419 e. The van der Waals surface area contributed by atoms with Gasteiger partial charge in [-0.05, 0) is 25.5 Å². The molecule has 1 aromatic carbocycles. The molecule has 0 spiro atoms. The van der Waals surface area contributed by atoms with Crippen LogP contribution in [0.15, 0.2) is 30.5 Å². The Labute approximate surface area is 156 Å². The highest BCUT2D eigenvalue weighted by Gasteiger charge is 2.35. The minimum absolute atomic E-state index is 0.109. The minimum Gasteiger partial charge on any atom is -0.325 e. The summed E-state index contributed by atoms with van der Waals surface area (Å²) in [5, 5.41) is 0.109. The average molecular weight is 386 g/mol. The highest BCUT2D eigenvalue weighted by atomic mass is 35.5. The molecular weight excluding hydrogens is 363 g/mol. The van der Waals surface area contributed by atoms with Crippen LogP contribution in [0.2, 0.25) is 5.02 Å². The number of H-pyrrole nitrogens is 1. The molecule has 26 heavy (non-hydrogen) atoms. The number of aryl methyl sites for hydroxylation is 2. The van der Waals surface area contributed by atoms with Crippen LogP contribution >= 0.6 is 11.6 Å².